The van der Waals surface area contributed by atoms with Gasteiger partial charge in [-0.05, 0) is 0 Å². The molecule has 164 valence electrons. The molecule has 8 heteroatoms. The molecule has 0 bridgehead atoms. The van der Waals surface area contributed by atoms with Crippen molar-refractivity contribution in [3.8, 4) is 0 Å². The van der Waals surface area contributed by atoms with Crippen molar-refractivity contribution >= 4 is 27.3 Å². The molecule has 0 spiro atoms. The van der Waals surface area contributed by atoms with Crippen LogP contribution in [0.25, 0.3) is 0 Å². The number of benzene rings is 3. The zero-order valence-corrected chi connectivity index (χ0v) is 21.5. The van der Waals surface area contributed by atoms with Gasteiger partial charge in [-0.3, -0.25) is 0 Å². The van der Waals surface area contributed by atoms with E-state index in [-0.39, 0.29) is 0 Å². The summed E-state index contributed by atoms with van der Waals surface area (Å²) >= 11 is 1.51. The minimum atomic E-state index is -2.18. The standard InChI is InChI=1S/C20H19NSi.5CO.W/c1-21-17-22(18-11-5-2-6-12-18,19-13-7-3-8-14-19)20-15-9-4-10-16-20;5*1-2;/h2-16,21H,1H3;;;;;;. The van der Waals surface area contributed by atoms with Gasteiger partial charge in [-0.2, -0.15) is 0 Å². The van der Waals surface area contributed by atoms with E-state index >= 15 is 0 Å². The van der Waals surface area contributed by atoms with Crippen LogP contribution in [0, 0.1) is 33.3 Å². The Labute approximate surface area is 206 Å². The minimum absolute atomic E-state index is 1.43. The van der Waals surface area contributed by atoms with Gasteiger partial charge in [0.05, 0.1) is 0 Å². The van der Waals surface area contributed by atoms with Gasteiger partial charge >= 0.3 is 207 Å². The molecule has 0 atom stereocenters. The molecule has 0 aliphatic heterocycles. The second-order valence-electron chi connectivity index (χ2n) is 5.43. The normalized spacial score (nSPS) is 8.09. The zero-order valence-electron chi connectivity index (χ0n) is 17.6. The van der Waals surface area contributed by atoms with Crippen LogP contribution in [0.1, 0.15) is 0 Å². The van der Waals surface area contributed by atoms with E-state index in [1.165, 1.54) is 38.6 Å². The molecule has 0 aromatic heterocycles. The van der Waals surface area contributed by atoms with Crippen molar-refractivity contribution in [1.29, 1.82) is 0 Å². The first-order chi connectivity index (χ1) is 16.3. The van der Waals surface area contributed by atoms with E-state index in [9.17, 15) is 0 Å². The molecule has 1 N–H and O–H groups in total. The summed E-state index contributed by atoms with van der Waals surface area (Å²) in [6.45, 7) is 22.5. The molecular formula is C25H19NO5SiW. The fourth-order valence-electron chi connectivity index (χ4n) is 3.15. The zero-order chi connectivity index (χ0) is 26.1. The SMILES string of the molecule is CN[C](=[W])[Si](c1ccccc1)(c1ccccc1)c1ccccc1.[C-]#[O+].[C-]#[O+].[C-]#[O+].[C-]#[O+].[C-]#[O+]. The van der Waals surface area contributed by atoms with E-state index in [1.54, 1.807) is 0 Å². The van der Waals surface area contributed by atoms with Crippen molar-refractivity contribution < 1.29 is 42.6 Å². The quantitative estimate of drug-likeness (QED) is 0.197. The molecule has 0 saturated heterocycles. The van der Waals surface area contributed by atoms with Gasteiger partial charge in [-0.15, -0.1) is 0 Å². The first-order valence-corrected chi connectivity index (χ1v) is 12.2. The molecule has 0 saturated carbocycles. The van der Waals surface area contributed by atoms with Gasteiger partial charge in [0.1, 0.15) is 0 Å². The van der Waals surface area contributed by atoms with E-state index in [4.69, 9.17) is 23.3 Å². The molecule has 0 heterocycles. The van der Waals surface area contributed by atoms with Gasteiger partial charge in [-0.1, -0.05) is 0 Å². The van der Waals surface area contributed by atoms with Crippen LogP contribution in [0.2, 0.25) is 0 Å². The second-order valence-corrected chi connectivity index (χ2v) is 12.0. The summed E-state index contributed by atoms with van der Waals surface area (Å²) in [5.41, 5.74) is 0. The second kappa shape index (κ2) is 23.8. The average Bonchev–Trinajstić information content (AvgIpc) is 2.96. The topological polar surface area (TPSA) is 112 Å². The predicted octanol–water partition coefficient (Wildman–Crippen LogP) is 1.40. The summed E-state index contributed by atoms with van der Waals surface area (Å²) in [6, 6.07) is 32.9. The summed E-state index contributed by atoms with van der Waals surface area (Å²) in [7, 11) is -0.130. The number of hydrogen-bond acceptors (Lipinski definition) is 1. The Morgan fingerprint density at radius 3 is 0.939 bits per heavy atom. The Kier molecular flexibility index (Phi) is 25.0. The third kappa shape index (κ3) is 9.63. The van der Waals surface area contributed by atoms with Crippen LogP contribution in [-0.2, 0) is 42.6 Å². The maximum absolute atomic E-state index is 7.50. The van der Waals surface area contributed by atoms with E-state index < -0.39 is 8.07 Å². The van der Waals surface area contributed by atoms with E-state index in [2.05, 4.69) is 137 Å². The van der Waals surface area contributed by atoms with Crippen LogP contribution in [0.3, 0.4) is 0 Å². The van der Waals surface area contributed by atoms with E-state index in [0.717, 1.165) is 0 Å². The van der Waals surface area contributed by atoms with Crippen LogP contribution in [0.5, 0.6) is 0 Å². The molecule has 33 heavy (non-hydrogen) atoms. The van der Waals surface area contributed by atoms with Gasteiger partial charge in [0.2, 0.25) is 0 Å². The fourth-order valence-corrected chi connectivity index (χ4v) is 11.2. The molecule has 0 aliphatic rings. The molecule has 0 fully saturated rings. The Morgan fingerprint density at radius 1 is 0.545 bits per heavy atom. The van der Waals surface area contributed by atoms with Crippen LogP contribution in [-0.4, -0.2) is 18.8 Å². The third-order valence-corrected chi connectivity index (χ3v) is 12.8. The molecular weight excluding hydrogens is 606 g/mol. The van der Waals surface area contributed by atoms with Gasteiger partial charge in [-0.25, -0.2) is 0 Å². The summed E-state index contributed by atoms with van der Waals surface area (Å²) < 4.78 is 38.9. The summed E-state index contributed by atoms with van der Waals surface area (Å²) in [5.74, 6) is 0. The summed E-state index contributed by atoms with van der Waals surface area (Å²) in [5, 5.41) is 7.80. The molecule has 0 unspecified atom stereocenters. The third-order valence-electron chi connectivity index (χ3n) is 4.19. The van der Waals surface area contributed by atoms with Crippen LogP contribution >= 0.6 is 0 Å². The molecule has 6 nitrogen and oxygen atoms in total. The summed E-state index contributed by atoms with van der Waals surface area (Å²) in [6.07, 6.45) is 0. The van der Waals surface area contributed by atoms with Crippen LogP contribution in [0.4, 0.5) is 0 Å². The monoisotopic (exact) mass is 625 g/mol. The average molecular weight is 625 g/mol. The molecule has 3 rings (SSSR count). The molecule has 0 radical (unpaired) electrons. The number of rotatable bonds is 5. The van der Waals surface area contributed by atoms with Crippen molar-refractivity contribution in [2.45, 2.75) is 0 Å². The van der Waals surface area contributed by atoms with Gasteiger partial charge in [0.15, 0.2) is 0 Å². The number of nitrogens with one attached hydrogen (secondary N) is 1. The van der Waals surface area contributed by atoms with Crippen molar-refractivity contribution in [2.24, 2.45) is 0 Å². The van der Waals surface area contributed by atoms with Gasteiger partial charge < -0.3 is 0 Å². The number of hydrogen-bond donors (Lipinski definition) is 1. The van der Waals surface area contributed by atoms with Gasteiger partial charge in [0.25, 0.3) is 0 Å². The van der Waals surface area contributed by atoms with Crippen molar-refractivity contribution in [3.63, 3.8) is 0 Å². The Morgan fingerprint density at radius 2 is 0.758 bits per heavy atom. The molecule has 3 aromatic rings. The van der Waals surface area contributed by atoms with E-state index in [1.807, 2.05) is 0 Å². The Hall–Kier alpha value is -2.90. The van der Waals surface area contributed by atoms with Crippen molar-refractivity contribution in [2.75, 3.05) is 7.05 Å². The Bertz CT molecular complexity index is 869. The first kappa shape index (κ1) is 34.7. The van der Waals surface area contributed by atoms with Crippen molar-refractivity contribution in [3.05, 3.63) is 124 Å². The first-order valence-electron chi connectivity index (χ1n) is 8.71. The molecule has 3 aromatic carbocycles. The summed E-state index contributed by atoms with van der Waals surface area (Å²) in [4.78, 5) is 0. The van der Waals surface area contributed by atoms with Crippen LogP contribution < -0.4 is 20.9 Å². The van der Waals surface area contributed by atoms with E-state index in [0.29, 0.717) is 0 Å². The predicted molar refractivity (Wildman–Crippen MR) is 118 cm³/mol. The fraction of sp³-hybridized carbons (Fsp3) is 0.0400. The maximum atomic E-state index is 7.50. The van der Waals surface area contributed by atoms with Gasteiger partial charge in [0, 0.05) is 0 Å². The van der Waals surface area contributed by atoms with Crippen LogP contribution in [0.15, 0.2) is 91.0 Å². The van der Waals surface area contributed by atoms with Crippen molar-refractivity contribution in [1.82, 2.24) is 5.32 Å². The molecule has 0 aliphatic carbocycles. The Balaban J connectivity index is -0.000000798. The molecule has 0 amide bonds.